The van der Waals surface area contributed by atoms with Gasteiger partial charge in [0.05, 0.1) is 53.2 Å². The van der Waals surface area contributed by atoms with Gasteiger partial charge in [0.15, 0.2) is 11.3 Å². The monoisotopic (exact) mass is 623 g/mol. The molecule has 1 spiro atoms. The van der Waals surface area contributed by atoms with Gasteiger partial charge in [-0.25, -0.2) is 14.2 Å². The van der Waals surface area contributed by atoms with Gasteiger partial charge in [-0.05, 0) is 44.5 Å². The second kappa shape index (κ2) is 11.3. The number of piperidine rings is 1. The van der Waals surface area contributed by atoms with E-state index in [0.29, 0.717) is 72.3 Å². The molecule has 5 aromatic rings. The smallest absolute Gasteiger partial charge is 0.312 e. The van der Waals surface area contributed by atoms with Crippen LogP contribution in [0.1, 0.15) is 29.8 Å². The number of esters is 1. The van der Waals surface area contributed by atoms with Crippen molar-refractivity contribution >= 4 is 34.1 Å². The second-order valence-corrected chi connectivity index (χ2v) is 11.9. The molecule has 2 saturated heterocycles. The predicted molar refractivity (Wildman–Crippen MR) is 167 cm³/mol. The van der Waals surface area contributed by atoms with Crippen molar-refractivity contribution in [2.24, 2.45) is 5.41 Å². The van der Waals surface area contributed by atoms with Gasteiger partial charge >= 0.3 is 5.97 Å². The Morgan fingerprint density at radius 2 is 2.00 bits per heavy atom. The molecule has 3 aliphatic heterocycles. The fourth-order valence-corrected chi connectivity index (χ4v) is 6.66. The number of carbonyl (C=O) groups is 2. The molecule has 236 valence electrons. The average Bonchev–Trinajstić information content (AvgIpc) is 3.80. The molecule has 46 heavy (non-hydrogen) atoms. The lowest BCUT2D eigenvalue weighted by Gasteiger charge is -2.36. The summed E-state index contributed by atoms with van der Waals surface area (Å²) < 4.78 is 20.4. The lowest BCUT2D eigenvalue weighted by atomic mass is 9.77. The van der Waals surface area contributed by atoms with Crippen LogP contribution in [0.2, 0.25) is 0 Å². The van der Waals surface area contributed by atoms with Crippen molar-refractivity contribution in [3.63, 3.8) is 0 Å². The predicted octanol–water partition coefficient (Wildman–Crippen LogP) is 2.70. The molecule has 14 nitrogen and oxygen atoms in total. The molecule has 3 aliphatic rings. The second-order valence-electron chi connectivity index (χ2n) is 11.9. The summed E-state index contributed by atoms with van der Waals surface area (Å²) in [5.74, 6) is 0.875. The molecule has 0 aliphatic carbocycles. The number of methoxy groups -OCH3 is 1. The number of likely N-dealkylation sites (tertiary alicyclic amines) is 1. The Morgan fingerprint density at radius 3 is 2.83 bits per heavy atom. The summed E-state index contributed by atoms with van der Waals surface area (Å²) in [6, 6.07) is 7.45. The first-order valence-electron chi connectivity index (χ1n) is 15.5. The normalized spacial score (nSPS) is 17.5. The van der Waals surface area contributed by atoms with Crippen molar-refractivity contribution in [1.82, 2.24) is 39.6 Å². The third kappa shape index (κ3) is 4.76. The van der Waals surface area contributed by atoms with Crippen LogP contribution in [-0.4, -0.2) is 99.2 Å². The van der Waals surface area contributed by atoms with E-state index in [0.717, 1.165) is 43.6 Å². The van der Waals surface area contributed by atoms with E-state index in [-0.39, 0.29) is 23.0 Å². The van der Waals surface area contributed by atoms with E-state index in [9.17, 15) is 9.59 Å². The number of aromatic nitrogens is 6. The minimum absolute atomic E-state index is 0.0593. The zero-order chi connectivity index (χ0) is 31.3. The number of cyclic esters (lactones) is 1. The topological polar surface area (TPSA) is 150 Å². The Hall–Kier alpha value is -5.24. The highest BCUT2D eigenvalue weighted by atomic mass is 16.5. The maximum atomic E-state index is 13.7. The maximum Gasteiger partial charge on any atom is 0.312 e. The molecule has 14 heteroatoms. The third-order valence-electron chi connectivity index (χ3n) is 9.29. The van der Waals surface area contributed by atoms with Crippen molar-refractivity contribution in [3.8, 4) is 28.4 Å². The Bertz CT molecular complexity index is 1980. The summed E-state index contributed by atoms with van der Waals surface area (Å²) in [4.78, 5) is 37.4. The Balaban J connectivity index is 1.11. The molecular weight excluding hydrogens is 590 g/mol. The van der Waals surface area contributed by atoms with Crippen LogP contribution in [0.25, 0.3) is 33.5 Å². The summed E-state index contributed by atoms with van der Waals surface area (Å²) in [5, 5.41) is 16.2. The molecular formula is C32H33N9O5. The highest BCUT2D eigenvalue weighted by Crippen LogP contribution is 2.41. The summed E-state index contributed by atoms with van der Waals surface area (Å²) >= 11 is 0. The number of fused-ring (bicyclic) bond motifs is 3. The molecule has 1 amide bonds. The first-order chi connectivity index (χ1) is 22.5. The van der Waals surface area contributed by atoms with Crippen LogP contribution in [0, 0.1) is 5.41 Å². The van der Waals surface area contributed by atoms with Crippen molar-refractivity contribution in [3.05, 3.63) is 54.7 Å². The van der Waals surface area contributed by atoms with Gasteiger partial charge in [-0.3, -0.25) is 14.6 Å². The first kappa shape index (κ1) is 28.2. The van der Waals surface area contributed by atoms with Gasteiger partial charge in [0, 0.05) is 50.4 Å². The van der Waals surface area contributed by atoms with Crippen molar-refractivity contribution in [2.75, 3.05) is 58.4 Å². The van der Waals surface area contributed by atoms with Crippen LogP contribution in [0.4, 0.5) is 5.69 Å². The fraction of sp³-hybridized carbons (Fsp3) is 0.375. The van der Waals surface area contributed by atoms with Crippen LogP contribution >= 0.6 is 0 Å². The van der Waals surface area contributed by atoms with E-state index in [2.05, 4.69) is 25.6 Å². The number of ether oxygens (including phenoxy) is 3. The zero-order valence-corrected chi connectivity index (χ0v) is 25.4. The zero-order valence-electron chi connectivity index (χ0n) is 25.4. The number of pyridine rings is 1. The van der Waals surface area contributed by atoms with Gasteiger partial charge < -0.3 is 29.7 Å². The summed E-state index contributed by atoms with van der Waals surface area (Å²) in [5.41, 5.74) is 4.09. The van der Waals surface area contributed by atoms with Gasteiger partial charge in [-0.1, -0.05) is 0 Å². The lowest BCUT2D eigenvalue weighted by Crippen LogP contribution is -2.45. The van der Waals surface area contributed by atoms with E-state index in [4.69, 9.17) is 24.3 Å². The van der Waals surface area contributed by atoms with Crippen LogP contribution in [0.15, 0.2) is 49.1 Å². The van der Waals surface area contributed by atoms with Gasteiger partial charge in [-0.15, -0.1) is 0 Å². The molecule has 0 unspecified atom stereocenters. The van der Waals surface area contributed by atoms with E-state index >= 15 is 0 Å². The quantitative estimate of drug-likeness (QED) is 0.258. The summed E-state index contributed by atoms with van der Waals surface area (Å²) in [6.45, 7) is 4.44. The number of hydrogen-bond acceptors (Lipinski definition) is 11. The lowest BCUT2D eigenvalue weighted by molar-refractivity contribution is -0.148. The highest BCUT2D eigenvalue weighted by molar-refractivity contribution is 6.05. The standard InChI is InChI=1S/C32H33N9O5/c1-44-27-16-23-26(45-14-8-33-23)17-25(27)41-24-15-22(20-19-37-40-9-2-6-34-29(20)40)36-18-21(24)28(38-41)30(42)35-7-12-39-10-3-32(4-11-39)5-13-46-31(32)43/h2,6,9,15-19,33H,3-5,7-8,10-14H2,1H3,(H,35,42). The van der Waals surface area contributed by atoms with Gasteiger partial charge in [0.1, 0.15) is 23.8 Å². The Morgan fingerprint density at radius 1 is 1.11 bits per heavy atom. The average molecular weight is 624 g/mol. The van der Waals surface area contributed by atoms with Gasteiger partial charge in [0.2, 0.25) is 0 Å². The number of amides is 1. The highest BCUT2D eigenvalue weighted by Gasteiger charge is 2.46. The number of nitrogens with one attached hydrogen (secondary N) is 2. The molecule has 1 aromatic carbocycles. The SMILES string of the molecule is COc1cc2c(cc1-n1nc(C(=O)NCCN3CCC4(CCOC4=O)CC3)c3cnc(-c4cnn5cccnc45)cc31)OCCN2. The van der Waals surface area contributed by atoms with Gasteiger partial charge in [-0.2, -0.15) is 10.2 Å². The maximum absolute atomic E-state index is 13.7. The molecule has 7 heterocycles. The van der Waals surface area contributed by atoms with Crippen LogP contribution in [0.5, 0.6) is 11.5 Å². The minimum atomic E-state index is -0.324. The summed E-state index contributed by atoms with van der Waals surface area (Å²) in [6.07, 6.45) is 9.30. The Labute approximate surface area is 263 Å². The molecule has 2 N–H and O–H groups in total. The Kier molecular flexibility index (Phi) is 6.93. The van der Waals surface area contributed by atoms with E-state index in [1.54, 1.807) is 34.9 Å². The molecule has 2 fully saturated rings. The molecule has 0 atom stereocenters. The molecule has 4 aromatic heterocycles. The van der Waals surface area contributed by atoms with Crippen molar-refractivity contribution in [2.45, 2.75) is 19.3 Å². The number of hydrogen-bond donors (Lipinski definition) is 2. The van der Waals surface area contributed by atoms with E-state index in [1.165, 1.54) is 0 Å². The minimum Gasteiger partial charge on any atom is -0.494 e. The van der Waals surface area contributed by atoms with Crippen molar-refractivity contribution in [1.29, 1.82) is 0 Å². The van der Waals surface area contributed by atoms with E-state index in [1.807, 2.05) is 30.5 Å². The first-order valence-corrected chi connectivity index (χ1v) is 15.5. The fourth-order valence-electron chi connectivity index (χ4n) is 6.66. The number of anilines is 1. The number of carbonyl (C=O) groups excluding carboxylic acids is 2. The third-order valence-corrected chi connectivity index (χ3v) is 9.29. The largest absolute Gasteiger partial charge is 0.494 e. The number of benzene rings is 1. The van der Waals surface area contributed by atoms with Crippen LogP contribution < -0.4 is 20.1 Å². The molecule has 0 bridgehead atoms. The number of nitrogens with zero attached hydrogens (tertiary/aromatic N) is 7. The number of rotatable bonds is 7. The molecule has 8 rings (SSSR count). The van der Waals surface area contributed by atoms with Crippen molar-refractivity contribution < 1.29 is 23.8 Å². The van der Waals surface area contributed by atoms with Crippen LogP contribution in [-0.2, 0) is 9.53 Å². The van der Waals surface area contributed by atoms with Crippen LogP contribution in [0.3, 0.4) is 0 Å². The molecule has 0 saturated carbocycles. The van der Waals surface area contributed by atoms with E-state index < -0.39 is 0 Å². The molecule has 0 radical (unpaired) electrons. The summed E-state index contributed by atoms with van der Waals surface area (Å²) in [7, 11) is 1.60. The van der Waals surface area contributed by atoms with Gasteiger partial charge in [0.25, 0.3) is 5.91 Å².